The zero-order valence-electron chi connectivity index (χ0n) is 32.7. The number of nitrogens with one attached hydrogen (secondary N) is 1. The lowest BCUT2D eigenvalue weighted by molar-refractivity contribution is 0.431. The van der Waals surface area contributed by atoms with Crippen LogP contribution in [0.25, 0.3) is 11.1 Å². The van der Waals surface area contributed by atoms with Gasteiger partial charge in [-0.25, -0.2) is 0 Å². The number of hydrogen-bond acceptors (Lipinski definition) is 3. The molecule has 0 aromatic heterocycles. The summed E-state index contributed by atoms with van der Waals surface area (Å²) in [6, 6.07) is 27.7. The Balaban J connectivity index is 0.000000280. The molecular weight excluding hydrogens is 649 g/mol. The van der Waals surface area contributed by atoms with Gasteiger partial charge in [-0.15, -0.1) is 0 Å². The van der Waals surface area contributed by atoms with Crippen LogP contribution >= 0.6 is 11.8 Å². The van der Waals surface area contributed by atoms with Gasteiger partial charge in [-0.1, -0.05) is 161 Å². The SMILES string of the molecule is C/C=C(\C=C/CC)c1ccc(C(N)c2ccccc2)cc1.C=C1/C=C(/C(C)=C/C=C(C)/C(/C=C\C)=C/C)\C=C(\C2CCN2)Sc2ccccc21.CC. The van der Waals surface area contributed by atoms with E-state index in [1.54, 1.807) is 0 Å². The highest BCUT2D eigenvalue weighted by atomic mass is 32.2. The Bertz CT molecular complexity index is 1840. The molecule has 2 aliphatic rings. The molecule has 3 N–H and O–H groups in total. The molecule has 0 amide bonds. The summed E-state index contributed by atoms with van der Waals surface area (Å²) in [4.78, 5) is 2.67. The summed E-state index contributed by atoms with van der Waals surface area (Å²) in [6.07, 6.45) is 24.1. The summed E-state index contributed by atoms with van der Waals surface area (Å²) in [5.74, 6) is 0. The molecule has 0 spiro atoms. The van der Waals surface area contributed by atoms with Crippen molar-refractivity contribution in [2.45, 2.75) is 85.2 Å². The van der Waals surface area contributed by atoms with Crippen LogP contribution in [0.2, 0.25) is 0 Å². The highest BCUT2D eigenvalue weighted by Gasteiger charge is 2.24. The largest absolute Gasteiger partial charge is 0.320 e. The molecule has 0 bridgehead atoms. The minimum Gasteiger partial charge on any atom is -0.320 e. The smallest absolute Gasteiger partial charge is 0.0551 e. The van der Waals surface area contributed by atoms with Crippen LogP contribution in [0, 0.1) is 0 Å². The maximum atomic E-state index is 6.33. The van der Waals surface area contributed by atoms with Crippen LogP contribution in [0.4, 0.5) is 0 Å². The van der Waals surface area contributed by atoms with E-state index in [2.05, 4.69) is 175 Å². The van der Waals surface area contributed by atoms with Gasteiger partial charge in [0.25, 0.3) is 0 Å². The second-order valence-corrected chi connectivity index (χ2v) is 13.7. The number of allylic oxidation sites excluding steroid dienone is 16. The van der Waals surface area contributed by atoms with Gasteiger partial charge >= 0.3 is 0 Å². The van der Waals surface area contributed by atoms with Crippen molar-refractivity contribution in [2.75, 3.05) is 6.54 Å². The molecule has 1 saturated heterocycles. The molecule has 2 nitrogen and oxygen atoms in total. The van der Waals surface area contributed by atoms with Crippen LogP contribution in [0.1, 0.15) is 96.5 Å². The first-order valence-electron chi connectivity index (χ1n) is 18.8. The van der Waals surface area contributed by atoms with Crippen LogP contribution in [-0.2, 0) is 0 Å². The molecule has 3 aromatic rings. The highest BCUT2D eigenvalue weighted by Crippen LogP contribution is 2.40. The fraction of sp³-hybridized carbons (Fsp3) is 0.265. The molecule has 1 fully saturated rings. The van der Waals surface area contributed by atoms with E-state index in [9.17, 15) is 0 Å². The Morgan fingerprint density at radius 1 is 0.865 bits per heavy atom. The Labute approximate surface area is 320 Å². The molecule has 2 unspecified atom stereocenters. The predicted molar refractivity (Wildman–Crippen MR) is 233 cm³/mol. The molecule has 52 heavy (non-hydrogen) atoms. The lowest BCUT2D eigenvalue weighted by atomic mass is 9.96. The van der Waals surface area contributed by atoms with Gasteiger partial charge in [-0.2, -0.15) is 0 Å². The molecule has 0 saturated carbocycles. The zero-order valence-corrected chi connectivity index (χ0v) is 33.6. The van der Waals surface area contributed by atoms with Crippen LogP contribution in [-0.4, -0.2) is 12.6 Å². The lowest BCUT2D eigenvalue weighted by Gasteiger charge is -2.31. The van der Waals surface area contributed by atoms with Gasteiger partial charge in [0.1, 0.15) is 0 Å². The fourth-order valence-corrected chi connectivity index (χ4v) is 7.02. The Kier molecular flexibility index (Phi) is 18.2. The van der Waals surface area contributed by atoms with Crippen molar-refractivity contribution in [3.63, 3.8) is 0 Å². The van der Waals surface area contributed by atoms with Gasteiger partial charge < -0.3 is 11.1 Å². The second-order valence-electron chi connectivity index (χ2n) is 12.6. The van der Waals surface area contributed by atoms with E-state index in [0.717, 1.165) is 29.7 Å². The van der Waals surface area contributed by atoms with Crippen molar-refractivity contribution in [3.05, 3.63) is 196 Å². The number of fused-ring (bicyclic) bond motifs is 1. The van der Waals surface area contributed by atoms with E-state index < -0.39 is 0 Å². The van der Waals surface area contributed by atoms with Gasteiger partial charge in [-0.05, 0) is 128 Å². The first kappa shape index (κ1) is 42.0. The first-order valence-corrected chi connectivity index (χ1v) is 19.6. The average molecular weight is 709 g/mol. The molecule has 3 aromatic carbocycles. The van der Waals surface area contributed by atoms with Gasteiger partial charge in [0.05, 0.1) is 6.04 Å². The molecule has 0 aliphatic carbocycles. The van der Waals surface area contributed by atoms with Crippen molar-refractivity contribution in [1.29, 1.82) is 0 Å². The summed E-state index contributed by atoms with van der Waals surface area (Å²) in [5.41, 5.74) is 18.4. The van der Waals surface area contributed by atoms with Gasteiger partial charge in [0.2, 0.25) is 0 Å². The third kappa shape index (κ3) is 12.1. The molecule has 272 valence electrons. The summed E-state index contributed by atoms with van der Waals surface area (Å²) >= 11 is 1.88. The van der Waals surface area contributed by atoms with Crippen molar-refractivity contribution in [3.8, 4) is 0 Å². The quantitative estimate of drug-likeness (QED) is 0.206. The summed E-state index contributed by atoms with van der Waals surface area (Å²) in [6.45, 7) is 22.2. The van der Waals surface area contributed by atoms with Crippen molar-refractivity contribution >= 4 is 22.9 Å². The maximum Gasteiger partial charge on any atom is 0.0551 e. The molecule has 2 atom stereocenters. The van der Waals surface area contributed by atoms with E-state index >= 15 is 0 Å². The lowest BCUT2D eigenvalue weighted by Crippen LogP contribution is -2.43. The maximum absolute atomic E-state index is 6.33. The second kappa shape index (κ2) is 22.5. The fourth-order valence-electron chi connectivity index (χ4n) is 5.79. The van der Waals surface area contributed by atoms with Crippen LogP contribution in [0.5, 0.6) is 0 Å². The third-order valence-electron chi connectivity index (χ3n) is 9.01. The number of thioether (sulfide) groups is 1. The number of benzene rings is 3. The van der Waals surface area contributed by atoms with Crippen molar-refractivity contribution in [2.24, 2.45) is 5.73 Å². The van der Waals surface area contributed by atoms with Gasteiger partial charge in [0, 0.05) is 15.8 Å². The monoisotopic (exact) mass is 708 g/mol. The molecule has 2 aliphatic heterocycles. The Morgan fingerprint density at radius 2 is 1.52 bits per heavy atom. The number of hydrogen-bond donors (Lipinski definition) is 2. The van der Waals surface area contributed by atoms with Crippen LogP contribution < -0.4 is 11.1 Å². The molecule has 0 radical (unpaired) electrons. The minimum absolute atomic E-state index is 0.0690. The van der Waals surface area contributed by atoms with Crippen molar-refractivity contribution < 1.29 is 0 Å². The molecule has 2 heterocycles. The van der Waals surface area contributed by atoms with Gasteiger partial charge in [0.15, 0.2) is 0 Å². The predicted octanol–water partition coefficient (Wildman–Crippen LogP) is 13.5. The highest BCUT2D eigenvalue weighted by molar-refractivity contribution is 8.03. The summed E-state index contributed by atoms with van der Waals surface area (Å²) < 4.78 is 0. The molecular formula is C49H60N2S. The third-order valence-corrected chi connectivity index (χ3v) is 10.2. The van der Waals surface area contributed by atoms with Gasteiger partial charge in [-0.3, -0.25) is 0 Å². The topological polar surface area (TPSA) is 38.0 Å². The zero-order chi connectivity index (χ0) is 37.9. The first-order chi connectivity index (χ1) is 25.3. The summed E-state index contributed by atoms with van der Waals surface area (Å²) in [5, 5.41) is 3.57. The molecule has 5 rings (SSSR count). The Hall–Kier alpha value is -4.41. The van der Waals surface area contributed by atoms with Crippen LogP contribution in [0.3, 0.4) is 0 Å². The summed E-state index contributed by atoms with van der Waals surface area (Å²) in [7, 11) is 0. The van der Waals surface area contributed by atoms with E-state index in [0.29, 0.717) is 6.04 Å². The van der Waals surface area contributed by atoms with E-state index in [-0.39, 0.29) is 6.04 Å². The number of rotatable bonds is 10. The Morgan fingerprint density at radius 3 is 2.12 bits per heavy atom. The average Bonchev–Trinajstić information content (AvgIpc) is 3.16. The molecule has 3 heteroatoms. The van der Waals surface area contributed by atoms with E-state index in [1.807, 2.05) is 43.8 Å². The van der Waals surface area contributed by atoms with Crippen LogP contribution in [0.15, 0.2) is 178 Å². The van der Waals surface area contributed by atoms with E-state index in [1.165, 1.54) is 55.2 Å². The standard InChI is InChI=1S/C27H31NS.C20H23N.C2H6/c1-6-10-22(7-2)19(3)13-14-20(4)23-17-21(5)24-11-8-9-12-26(24)29-27(18-23)25-15-16-28-25;1-3-5-9-16(4-2)17-12-14-19(15-13-17)20(21)18-10-7-6-8-11-18;1-2/h6-14,17-18,25,28H,5,15-16H2,1-4H3;4-15,20H,3,21H2,1-2H3;1-2H3/b10-6-,19-13+,20-14+,22-7+,23-17+,27-18-;9-5-,16-4+;. The van der Waals surface area contributed by atoms with Crippen molar-refractivity contribution in [1.82, 2.24) is 5.32 Å². The number of nitrogens with two attached hydrogens (primary N) is 1. The van der Waals surface area contributed by atoms with E-state index in [4.69, 9.17) is 5.73 Å². The normalized spacial score (nSPS) is 19.4. The minimum atomic E-state index is -0.0690.